The molecule has 4 heteroatoms. The molecule has 0 aromatic carbocycles. The molecule has 0 aliphatic heterocycles. The van der Waals surface area contributed by atoms with E-state index in [1.165, 1.54) is 45.4 Å². The number of aliphatic hydroxyl groups is 2. The first-order valence-electron chi connectivity index (χ1n) is 11.9. The van der Waals surface area contributed by atoms with Gasteiger partial charge in [-0.3, -0.25) is 4.79 Å². The smallest absolute Gasteiger partial charge is 0.302 e. The Kier molecular flexibility index (Phi) is 13.7. The number of carbonyl (C=O) groups excluding carboxylic acids is 1. The molecule has 0 amide bonds. The molecule has 3 atom stereocenters. The van der Waals surface area contributed by atoms with Gasteiger partial charge in [-0.05, 0) is 62.7 Å². The van der Waals surface area contributed by atoms with Crippen LogP contribution < -0.4 is 0 Å². The van der Waals surface area contributed by atoms with Crippen LogP contribution in [0.2, 0.25) is 0 Å². The summed E-state index contributed by atoms with van der Waals surface area (Å²) in [7, 11) is 0. The zero-order valence-electron chi connectivity index (χ0n) is 19.4. The van der Waals surface area contributed by atoms with Crippen molar-refractivity contribution >= 4 is 5.97 Å². The van der Waals surface area contributed by atoms with Crippen molar-refractivity contribution in [2.45, 2.75) is 97.2 Å². The van der Waals surface area contributed by atoms with Gasteiger partial charge in [0.2, 0.25) is 0 Å². The first kappa shape index (κ1) is 26.6. The van der Waals surface area contributed by atoms with Crippen molar-refractivity contribution < 1.29 is 19.7 Å². The van der Waals surface area contributed by atoms with E-state index in [1.807, 2.05) is 0 Å². The molecule has 0 aromatic rings. The van der Waals surface area contributed by atoms with Crippen LogP contribution in [-0.2, 0) is 9.53 Å². The van der Waals surface area contributed by atoms with Gasteiger partial charge in [-0.25, -0.2) is 0 Å². The maximum atomic E-state index is 10.8. The predicted molar refractivity (Wildman–Crippen MR) is 124 cm³/mol. The quantitative estimate of drug-likeness (QED) is 0.146. The van der Waals surface area contributed by atoms with E-state index in [0.717, 1.165) is 25.2 Å². The van der Waals surface area contributed by atoms with Crippen molar-refractivity contribution in [2.24, 2.45) is 17.8 Å². The third-order valence-electron chi connectivity index (χ3n) is 5.86. The Hall–Kier alpha value is -1.39. The second kappa shape index (κ2) is 15.4. The minimum absolute atomic E-state index is 0.199. The SMILES string of the molecule is CCCCC=C[C@@H](C)CC=C[C@H]1CCC[C@@H]1CC=CCCCC(O)(O)COC(C)=O. The molecule has 4 nitrogen and oxygen atoms in total. The number of esters is 1. The summed E-state index contributed by atoms with van der Waals surface area (Å²) in [6.45, 7) is 5.42. The highest BCUT2D eigenvalue weighted by atomic mass is 16.6. The lowest BCUT2D eigenvalue weighted by molar-refractivity contribution is -0.204. The average Bonchev–Trinajstić information content (AvgIpc) is 3.14. The summed E-state index contributed by atoms with van der Waals surface area (Å²) in [6, 6.07) is 0. The van der Waals surface area contributed by atoms with E-state index in [1.54, 1.807) is 0 Å². The molecule has 1 aliphatic carbocycles. The summed E-state index contributed by atoms with van der Waals surface area (Å²) in [5.74, 6) is -0.392. The van der Waals surface area contributed by atoms with Crippen LogP contribution in [0.1, 0.15) is 91.4 Å². The highest BCUT2D eigenvalue weighted by molar-refractivity contribution is 5.65. The molecule has 0 heterocycles. The summed E-state index contributed by atoms with van der Waals surface area (Å²) in [4.78, 5) is 10.8. The van der Waals surface area contributed by atoms with E-state index in [0.29, 0.717) is 18.3 Å². The van der Waals surface area contributed by atoms with Gasteiger partial charge in [0.1, 0.15) is 6.61 Å². The van der Waals surface area contributed by atoms with Crippen molar-refractivity contribution in [1.82, 2.24) is 0 Å². The van der Waals surface area contributed by atoms with Gasteiger partial charge >= 0.3 is 5.97 Å². The fourth-order valence-corrected chi connectivity index (χ4v) is 3.99. The van der Waals surface area contributed by atoms with E-state index >= 15 is 0 Å². The summed E-state index contributed by atoms with van der Waals surface area (Å²) < 4.78 is 4.67. The number of carbonyl (C=O) groups is 1. The predicted octanol–water partition coefficient (Wildman–Crippen LogP) is 6.09. The molecular weight excluding hydrogens is 376 g/mol. The van der Waals surface area contributed by atoms with E-state index < -0.39 is 11.8 Å². The molecule has 0 spiro atoms. The van der Waals surface area contributed by atoms with Crippen molar-refractivity contribution in [1.29, 1.82) is 0 Å². The molecule has 1 rings (SSSR count). The lowest BCUT2D eigenvalue weighted by atomic mass is 9.91. The number of allylic oxidation sites excluding steroid dienone is 6. The van der Waals surface area contributed by atoms with Crippen LogP contribution in [0.3, 0.4) is 0 Å². The Labute approximate surface area is 184 Å². The summed E-state index contributed by atoms with van der Waals surface area (Å²) in [6.07, 6.45) is 25.4. The fourth-order valence-electron chi connectivity index (χ4n) is 3.99. The van der Waals surface area contributed by atoms with Gasteiger partial charge in [0.15, 0.2) is 5.79 Å². The molecule has 30 heavy (non-hydrogen) atoms. The van der Waals surface area contributed by atoms with Crippen LogP contribution in [0, 0.1) is 17.8 Å². The largest absolute Gasteiger partial charge is 0.460 e. The third-order valence-corrected chi connectivity index (χ3v) is 5.86. The molecule has 0 bridgehead atoms. The standard InChI is InChI=1S/C26H44O4/c1-4-5-6-9-14-22(2)15-12-17-25-19-13-18-24(25)16-10-7-8-11-20-26(28,29)21-30-23(3)27/h7,9-10,12,14,17,22,24-25,28-29H,4-6,8,11,13,15-16,18-21H2,1-3H3/t22-,24+,25+/m1/s1. The monoisotopic (exact) mass is 420 g/mol. The van der Waals surface area contributed by atoms with E-state index in [4.69, 9.17) is 0 Å². The maximum absolute atomic E-state index is 10.8. The topological polar surface area (TPSA) is 66.8 Å². The van der Waals surface area contributed by atoms with Crippen molar-refractivity contribution in [3.8, 4) is 0 Å². The lowest BCUT2D eigenvalue weighted by Crippen LogP contribution is -2.34. The molecule has 0 unspecified atom stereocenters. The maximum Gasteiger partial charge on any atom is 0.302 e. The number of unbranched alkanes of at least 4 members (excludes halogenated alkanes) is 3. The van der Waals surface area contributed by atoms with Crippen LogP contribution in [0.4, 0.5) is 0 Å². The van der Waals surface area contributed by atoms with Gasteiger partial charge in [0.05, 0.1) is 0 Å². The van der Waals surface area contributed by atoms with Crippen LogP contribution in [-0.4, -0.2) is 28.6 Å². The van der Waals surface area contributed by atoms with Gasteiger partial charge in [0.25, 0.3) is 0 Å². The molecule has 1 fully saturated rings. The minimum atomic E-state index is -1.93. The van der Waals surface area contributed by atoms with E-state index in [-0.39, 0.29) is 13.0 Å². The summed E-state index contributed by atoms with van der Waals surface area (Å²) in [5, 5.41) is 19.5. The van der Waals surface area contributed by atoms with Gasteiger partial charge in [-0.15, -0.1) is 0 Å². The van der Waals surface area contributed by atoms with Crippen molar-refractivity contribution in [3.63, 3.8) is 0 Å². The Morgan fingerprint density at radius 3 is 2.63 bits per heavy atom. The molecule has 0 aromatic heterocycles. The zero-order chi connectivity index (χ0) is 22.2. The molecule has 1 saturated carbocycles. The Balaban J connectivity index is 2.24. The Morgan fingerprint density at radius 1 is 1.13 bits per heavy atom. The number of hydrogen-bond donors (Lipinski definition) is 2. The number of ether oxygens (including phenoxy) is 1. The number of hydrogen-bond acceptors (Lipinski definition) is 4. The van der Waals surface area contributed by atoms with Crippen molar-refractivity contribution in [3.05, 3.63) is 36.5 Å². The third kappa shape index (κ3) is 13.0. The lowest BCUT2D eigenvalue weighted by Gasteiger charge is -2.20. The molecular formula is C26H44O4. The molecule has 0 radical (unpaired) electrons. The first-order chi connectivity index (χ1) is 14.3. The summed E-state index contributed by atoms with van der Waals surface area (Å²) >= 11 is 0. The normalized spacial score (nSPS) is 21.2. The van der Waals surface area contributed by atoms with Gasteiger partial charge in [-0.1, -0.05) is 69.6 Å². The van der Waals surface area contributed by atoms with Gasteiger partial charge in [-0.2, -0.15) is 0 Å². The van der Waals surface area contributed by atoms with Gasteiger partial charge < -0.3 is 14.9 Å². The highest BCUT2D eigenvalue weighted by Crippen LogP contribution is 2.35. The second-order valence-electron chi connectivity index (χ2n) is 8.93. The molecule has 172 valence electrons. The first-order valence-corrected chi connectivity index (χ1v) is 11.9. The molecule has 1 aliphatic rings. The van der Waals surface area contributed by atoms with Crippen molar-refractivity contribution in [2.75, 3.05) is 6.61 Å². The highest BCUT2D eigenvalue weighted by Gasteiger charge is 2.24. The average molecular weight is 421 g/mol. The van der Waals surface area contributed by atoms with Gasteiger partial charge in [0, 0.05) is 13.3 Å². The van der Waals surface area contributed by atoms with Crippen LogP contribution in [0.5, 0.6) is 0 Å². The fraction of sp³-hybridized carbons (Fsp3) is 0.731. The molecule has 2 N–H and O–H groups in total. The van der Waals surface area contributed by atoms with E-state index in [9.17, 15) is 15.0 Å². The van der Waals surface area contributed by atoms with Crippen LogP contribution >= 0.6 is 0 Å². The molecule has 0 saturated heterocycles. The summed E-state index contributed by atoms with van der Waals surface area (Å²) in [5.41, 5.74) is 0. The Morgan fingerprint density at radius 2 is 1.90 bits per heavy atom. The van der Waals surface area contributed by atoms with E-state index in [2.05, 4.69) is 55.0 Å². The van der Waals surface area contributed by atoms with Crippen LogP contribution in [0.25, 0.3) is 0 Å². The Bertz CT molecular complexity index is 547. The second-order valence-corrected chi connectivity index (χ2v) is 8.93. The zero-order valence-corrected chi connectivity index (χ0v) is 19.4. The minimum Gasteiger partial charge on any atom is -0.460 e. The number of rotatable bonds is 15. The van der Waals surface area contributed by atoms with Crippen LogP contribution in [0.15, 0.2) is 36.5 Å².